The summed E-state index contributed by atoms with van der Waals surface area (Å²) in [5.74, 6) is 1.09. The lowest BCUT2D eigenvalue weighted by molar-refractivity contribution is -0.139. The maximum absolute atomic E-state index is 13.7. The van der Waals surface area contributed by atoms with Gasteiger partial charge in [0.15, 0.2) is 0 Å². The molecule has 4 unspecified atom stereocenters. The van der Waals surface area contributed by atoms with Crippen molar-refractivity contribution in [1.29, 1.82) is 0 Å². The molecule has 168 valence electrons. The Hall–Kier alpha value is -2.61. The number of ether oxygens (including phenoxy) is 1. The Balaban J connectivity index is 1.54. The van der Waals surface area contributed by atoms with Gasteiger partial charge in [-0.2, -0.15) is 0 Å². The number of aromatic amines is 1. The molecule has 2 heterocycles. The molecule has 2 N–H and O–H groups in total. The Bertz CT molecular complexity index is 1210. The smallest absolute Gasteiger partial charge is 0.407 e. The lowest BCUT2D eigenvalue weighted by Gasteiger charge is -2.37. The predicted octanol–water partition coefficient (Wildman–Crippen LogP) is 4.91. The summed E-state index contributed by atoms with van der Waals surface area (Å²) in [4.78, 5) is 36.1. The van der Waals surface area contributed by atoms with Crippen molar-refractivity contribution in [2.45, 2.75) is 51.2 Å². The number of fused-ring (bicyclic) bond motifs is 5. The van der Waals surface area contributed by atoms with Crippen LogP contribution in [-0.2, 0) is 9.53 Å². The molecule has 1 aliphatic heterocycles. The summed E-state index contributed by atoms with van der Waals surface area (Å²) in [6.45, 7) is 3.88. The molecule has 32 heavy (non-hydrogen) atoms. The van der Waals surface area contributed by atoms with Gasteiger partial charge in [0.1, 0.15) is 11.9 Å². The minimum atomic E-state index is -0.633. The van der Waals surface area contributed by atoms with E-state index in [4.69, 9.17) is 9.72 Å². The number of hydrogen-bond acceptors (Lipinski definition) is 4. The molecule has 0 radical (unpaired) electrons. The van der Waals surface area contributed by atoms with Crippen molar-refractivity contribution in [2.24, 2.45) is 11.8 Å². The van der Waals surface area contributed by atoms with Crippen LogP contribution in [0.4, 0.5) is 4.79 Å². The van der Waals surface area contributed by atoms with Crippen LogP contribution in [0.15, 0.2) is 34.8 Å². The molecule has 1 saturated heterocycles. The van der Waals surface area contributed by atoms with Crippen LogP contribution in [0, 0.1) is 11.8 Å². The number of benzene rings is 2. The summed E-state index contributed by atoms with van der Waals surface area (Å²) in [6.07, 6.45) is 2.47. The summed E-state index contributed by atoms with van der Waals surface area (Å²) in [6, 6.07) is 9.76. The van der Waals surface area contributed by atoms with Crippen LogP contribution >= 0.6 is 15.9 Å². The van der Waals surface area contributed by atoms with E-state index in [-0.39, 0.29) is 23.9 Å². The van der Waals surface area contributed by atoms with Gasteiger partial charge in [-0.3, -0.25) is 4.79 Å². The lowest BCUT2D eigenvalue weighted by atomic mass is 9.95. The first kappa shape index (κ1) is 21.2. The van der Waals surface area contributed by atoms with E-state index >= 15 is 0 Å². The summed E-state index contributed by atoms with van der Waals surface area (Å²) >= 11 is 3.54. The van der Waals surface area contributed by atoms with Crippen molar-refractivity contribution in [3.8, 4) is 0 Å². The van der Waals surface area contributed by atoms with Gasteiger partial charge in [0.05, 0.1) is 24.2 Å². The fraction of sp³-hybridized carbons (Fsp3) is 0.458. The molecule has 1 saturated carbocycles. The first-order chi connectivity index (χ1) is 15.4. The maximum Gasteiger partial charge on any atom is 0.407 e. The molecular formula is C24H27BrN4O3. The SMILES string of the molecule is COC(=O)NC(C(=O)N1C2CCC(C2)C1c1nc2c(ccc3cc(Br)ccc32)[nH]1)C(C)C. The second-order valence-electron chi connectivity index (χ2n) is 9.22. The number of piperidine rings is 1. The molecule has 1 aliphatic carbocycles. The molecule has 2 amide bonds. The van der Waals surface area contributed by atoms with Crippen LogP contribution in [0.1, 0.15) is 45.0 Å². The first-order valence-electron chi connectivity index (χ1n) is 11.1. The van der Waals surface area contributed by atoms with Gasteiger partial charge in [-0.05, 0) is 54.7 Å². The molecule has 0 spiro atoms. The normalized spacial score (nSPS) is 23.3. The highest BCUT2D eigenvalue weighted by atomic mass is 79.9. The van der Waals surface area contributed by atoms with Gasteiger partial charge in [-0.15, -0.1) is 0 Å². The molecular weight excluding hydrogens is 472 g/mol. The Morgan fingerprint density at radius 1 is 1.25 bits per heavy atom. The van der Waals surface area contributed by atoms with Gasteiger partial charge in [-0.1, -0.05) is 41.9 Å². The topological polar surface area (TPSA) is 87.3 Å². The Kier molecular flexibility index (Phi) is 5.35. The molecule has 3 aromatic rings. The second kappa shape index (κ2) is 8.06. The third-order valence-corrected chi connectivity index (χ3v) is 7.45. The highest BCUT2D eigenvalue weighted by Gasteiger charge is 2.51. The monoisotopic (exact) mass is 498 g/mol. The number of nitrogens with zero attached hydrogens (tertiary/aromatic N) is 2. The summed E-state index contributed by atoms with van der Waals surface area (Å²) in [5.41, 5.74) is 1.89. The molecule has 2 bridgehead atoms. The number of halogens is 1. The number of likely N-dealkylation sites (tertiary alicyclic amines) is 1. The summed E-state index contributed by atoms with van der Waals surface area (Å²) < 4.78 is 5.79. The number of amides is 2. The molecule has 2 fully saturated rings. The largest absolute Gasteiger partial charge is 0.453 e. The third-order valence-electron chi connectivity index (χ3n) is 6.96. The van der Waals surface area contributed by atoms with Gasteiger partial charge in [0.2, 0.25) is 5.91 Å². The molecule has 8 heteroatoms. The van der Waals surface area contributed by atoms with Crippen LogP contribution in [0.25, 0.3) is 21.8 Å². The molecule has 1 aromatic heterocycles. The molecule has 5 rings (SSSR count). The minimum absolute atomic E-state index is 0.0561. The van der Waals surface area contributed by atoms with E-state index in [1.807, 2.05) is 24.8 Å². The van der Waals surface area contributed by atoms with Gasteiger partial charge in [-0.25, -0.2) is 9.78 Å². The zero-order chi connectivity index (χ0) is 22.6. The zero-order valence-corrected chi connectivity index (χ0v) is 20.0. The average Bonchev–Trinajstić information content (AvgIpc) is 3.50. The van der Waals surface area contributed by atoms with Crippen LogP contribution in [-0.4, -0.2) is 46.1 Å². The number of carbonyl (C=O) groups excluding carboxylic acids is 2. The van der Waals surface area contributed by atoms with Crippen molar-refractivity contribution in [2.75, 3.05) is 7.11 Å². The Morgan fingerprint density at radius 3 is 2.81 bits per heavy atom. The van der Waals surface area contributed by atoms with Gasteiger partial charge >= 0.3 is 6.09 Å². The van der Waals surface area contributed by atoms with Crippen molar-refractivity contribution in [1.82, 2.24) is 20.2 Å². The Labute approximate surface area is 195 Å². The number of methoxy groups -OCH3 is 1. The highest BCUT2D eigenvalue weighted by molar-refractivity contribution is 9.10. The van der Waals surface area contributed by atoms with E-state index < -0.39 is 12.1 Å². The minimum Gasteiger partial charge on any atom is -0.453 e. The quantitative estimate of drug-likeness (QED) is 0.534. The van der Waals surface area contributed by atoms with Crippen molar-refractivity contribution < 1.29 is 14.3 Å². The van der Waals surface area contributed by atoms with Crippen LogP contribution < -0.4 is 5.32 Å². The van der Waals surface area contributed by atoms with Gasteiger partial charge in [0.25, 0.3) is 0 Å². The van der Waals surface area contributed by atoms with E-state index in [9.17, 15) is 9.59 Å². The van der Waals surface area contributed by atoms with Crippen molar-refractivity contribution >= 4 is 49.7 Å². The summed E-state index contributed by atoms with van der Waals surface area (Å²) in [5, 5.41) is 4.95. The standard InChI is InChI=1S/C24H27BrN4O3/c1-12(2)19(28-24(31)32-3)23(30)29-16-7-4-14(11-16)21(29)22-26-18-9-5-13-10-15(25)6-8-17(13)20(18)27-22/h5-6,8-10,12,14,16,19,21H,4,7,11H2,1-3H3,(H,26,27)(H,28,31). The predicted molar refractivity (Wildman–Crippen MR) is 126 cm³/mol. The fourth-order valence-corrected chi connectivity index (χ4v) is 5.83. The van der Waals surface area contributed by atoms with Crippen LogP contribution in [0.3, 0.4) is 0 Å². The number of imidazole rings is 1. The van der Waals surface area contributed by atoms with Crippen LogP contribution in [0.5, 0.6) is 0 Å². The number of H-pyrrole nitrogens is 1. The van der Waals surface area contributed by atoms with E-state index in [0.717, 1.165) is 51.4 Å². The van der Waals surface area contributed by atoms with Gasteiger partial charge in [0, 0.05) is 15.9 Å². The van der Waals surface area contributed by atoms with Gasteiger partial charge < -0.3 is 19.9 Å². The molecule has 7 nitrogen and oxygen atoms in total. The van der Waals surface area contributed by atoms with Crippen molar-refractivity contribution in [3.05, 3.63) is 40.6 Å². The van der Waals surface area contributed by atoms with Crippen LogP contribution in [0.2, 0.25) is 0 Å². The van der Waals surface area contributed by atoms with E-state index in [1.54, 1.807) is 0 Å². The molecule has 2 aliphatic rings. The maximum atomic E-state index is 13.7. The van der Waals surface area contributed by atoms with E-state index in [2.05, 4.69) is 50.5 Å². The average molecular weight is 499 g/mol. The molecule has 4 atom stereocenters. The highest BCUT2D eigenvalue weighted by Crippen LogP contribution is 2.50. The lowest BCUT2D eigenvalue weighted by Crippen LogP contribution is -2.54. The second-order valence-corrected chi connectivity index (χ2v) is 10.1. The van der Waals surface area contributed by atoms with E-state index in [0.29, 0.717) is 5.92 Å². The van der Waals surface area contributed by atoms with Crippen molar-refractivity contribution in [3.63, 3.8) is 0 Å². The number of hydrogen-bond donors (Lipinski definition) is 2. The number of aromatic nitrogens is 2. The molecule has 2 aromatic carbocycles. The Morgan fingerprint density at radius 2 is 2.06 bits per heavy atom. The van der Waals surface area contributed by atoms with E-state index in [1.165, 1.54) is 7.11 Å². The fourth-order valence-electron chi connectivity index (χ4n) is 5.45. The summed E-state index contributed by atoms with van der Waals surface area (Å²) in [7, 11) is 1.31. The third kappa shape index (κ3) is 3.45. The number of nitrogens with one attached hydrogen (secondary N) is 2. The number of alkyl carbamates (subject to hydrolysis) is 1. The number of rotatable bonds is 4. The zero-order valence-electron chi connectivity index (χ0n) is 18.4. The number of carbonyl (C=O) groups is 2. The first-order valence-corrected chi connectivity index (χ1v) is 11.9.